The summed E-state index contributed by atoms with van der Waals surface area (Å²) in [7, 11) is -3.30. The van der Waals surface area contributed by atoms with Gasteiger partial charge in [-0.3, -0.25) is 0 Å². The summed E-state index contributed by atoms with van der Waals surface area (Å²) >= 11 is 0. The van der Waals surface area contributed by atoms with Crippen molar-refractivity contribution in [2.75, 3.05) is 26.2 Å². The first-order valence-corrected chi connectivity index (χ1v) is 9.86. The van der Waals surface area contributed by atoms with Crippen LogP contribution in [-0.2, 0) is 10.2 Å². The highest BCUT2D eigenvalue weighted by molar-refractivity contribution is 7.87. The largest absolute Gasteiger partial charge is 0.317 e. The van der Waals surface area contributed by atoms with Gasteiger partial charge in [0.15, 0.2) is 0 Å². The molecule has 1 heterocycles. The van der Waals surface area contributed by atoms with Crippen LogP contribution in [0.15, 0.2) is 0 Å². The molecule has 3 atom stereocenters. The maximum absolute atomic E-state index is 12.5. The lowest BCUT2D eigenvalue weighted by Crippen LogP contribution is -2.49. The third kappa shape index (κ3) is 4.41. The van der Waals surface area contributed by atoms with Gasteiger partial charge < -0.3 is 5.32 Å². The van der Waals surface area contributed by atoms with E-state index in [9.17, 15) is 8.42 Å². The van der Waals surface area contributed by atoms with Crippen LogP contribution >= 0.6 is 0 Å². The fourth-order valence-electron chi connectivity index (χ4n) is 3.50. The Labute approximate surface area is 130 Å². The van der Waals surface area contributed by atoms with Gasteiger partial charge in [0.2, 0.25) is 0 Å². The molecule has 2 aliphatic rings. The topological polar surface area (TPSA) is 61.4 Å². The summed E-state index contributed by atoms with van der Waals surface area (Å²) in [6.07, 6.45) is 4.02. The summed E-state index contributed by atoms with van der Waals surface area (Å²) in [6.45, 7) is 9.78. The van der Waals surface area contributed by atoms with Crippen molar-refractivity contribution < 1.29 is 8.42 Å². The zero-order valence-corrected chi connectivity index (χ0v) is 14.5. The standard InChI is InChI=1S/C15H31N3O2S/c1-4-16-11-14-7-9-18(10-8-14)21(19,20)17-15-6-5-12(2)13(15)3/h12-17H,4-11H2,1-3H3. The normalized spacial score (nSPS) is 32.6. The van der Waals surface area contributed by atoms with Crippen molar-refractivity contribution in [3.63, 3.8) is 0 Å². The first kappa shape index (κ1) is 17.2. The van der Waals surface area contributed by atoms with E-state index in [2.05, 4.69) is 30.8 Å². The maximum atomic E-state index is 12.5. The van der Waals surface area contributed by atoms with E-state index in [1.54, 1.807) is 4.31 Å². The second-order valence-corrected chi connectivity index (χ2v) is 8.50. The number of hydrogen-bond acceptors (Lipinski definition) is 3. The minimum atomic E-state index is -3.30. The van der Waals surface area contributed by atoms with Crippen LogP contribution in [0, 0.1) is 17.8 Å². The monoisotopic (exact) mass is 317 g/mol. The van der Waals surface area contributed by atoms with Crippen molar-refractivity contribution in [1.82, 2.24) is 14.3 Å². The molecule has 1 saturated carbocycles. The highest BCUT2D eigenvalue weighted by atomic mass is 32.2. The van der Waals surface area contributed by atoms with E-state index in [0.29, 0.717) is 30.8 Å². The lowest BCUT2D eigenvalue weighted by atomic mass is 9.98. The highest BCUT2D eigenvalue weighted by Crippen LogP contribution is 2.32. The molecule has 0 spiro atoms. The minimum Gasteiger partial charge on any atom is -0.317 e. The number of piperidine rings is 1. The molecule has 5 nitrogen and oxygen atoms in total. The molecular formula is C15H31N3O2S. The van der Waals surface area contributed by atoms with Crippen LogP contribution in [0.2, 0.25) is 0 Å². The Bertz CT molecular complexity index is 419. The molecule has 0 bridgehead atoms. The Hall–Kier alpha value is -0.170. The van der Waals surface area contributed by atoms with Gasteiger partial charge in [0.1, 0.15) is 0 Å². The van der Waals surface area contributed by atoms with Gasteiger partial charge in [-0.25, -0.2) is 0 Å². The molecule has 2 N–H and O–H groups in total. The van der Waals surface area contributed by atoms with Crippen LogP contribution in [0.4, 0.5) is 0 Å². The second kappa shape index (κ2) is 7.40. The molecule has 0 radical (unpaired) electrons. The summed E-state index contributed by atoms with van der Waals surface area (Å²) < 4.78 is 29.6. The Morgan fingerprint density at radius 1 is 1.10 bits per heavy atom. The third-order valence-corrected chi connectivity index (χ3v) is 7.01. The molecular weight excluding hydrogens is 286 g/mol. The van der Waals surface area contributed by atoms with Gasteiger partial charge in [-0.15, -0.1) is 0 Å². The van der Waals surface area contributed by atoms with Crippen LogP contribution in [0.3, 0.4) is 0 Å². The van der Waals surface area contributed by atoms with Crippen LogP contribution in [0.5, 0.6) is 0 Å². The first-order chi connectivity index (χ1) is 9.94. The lowest BCUT2D eigenvalue weighted by Gasteiger charge is -2.32. The Balaban J connectivity index is 1.84. The van der Waals surface area contributed by atoms with E-state index in [4.69, 9.17) is 0 Å². The fourth-order valence-corrected chi connectivity index (χ4v) is 5.05. The highest BCUT2D eigenvalue weighted by Gasteiger charge is 2.35. The predicted molar refractivity (Wildman–Crippen MR) is 86.2 cm³/mol. The minimum absolute atomic E-state index is 0.115. The van der Waals surface area contributed by atoms with E-state index in [0.717, 1.165) is 38.8 Å². The molecule has 1 aliphatic carbocycles. The Morgan fingerprint density at radius 2 is 1.76 bits per heavy atom. The molecule has 6 heteroatoms. The molecule has 2 rings (SSSR count). The number of rotatable bonds is 6. The van der Waals surface area contributed by atoms with Crippen molar-refractivity contribution in [1.29, 1.82) is 0 Å². The molecule has 3 unspecified atom stereocenters. The molecule has 0 aromatic heterocycles. The molecule has 21 heavy (non-hydrogen) atoms. The van der Waals surface area contributed by atoms with Crippen LogP contribution < -0.4 is 10.0 Å². The summed E-state index contributed by atoms with van der Waals surface area (Å²) in [5.41, 5.74) is 0. The average molecular weight is 317 g/mol. The molecule has 2 fully saturated rings. The fraction of sp³-hybridized carbons (Fsp3) is 1.00. The molecule has 0 aromatic rings. The van der Waals surface area contributed by atoms with E-state index in [1.807, 2.05) is 0 Å². The number of nitrogens with one attached hydrogen (secondary N) is 2. The van der Waals surface area contributed by atoms with Crippen molar-refractivity contribution >= 4 is 10.2 Å². The van der Waals surface area contributed by atoms with Crippen molar-refractivity contribution in [3.05, 3.63) is 0 Å². The van der Waals surface area contributed by atoms with E-state index in [1.165, 1.54) is 0 Å². The summed E-state index contributed by atoms with van der Waals surface area (Å²) in [4.78, 5) is 0. The van der Waals surface area contributed by atoms with Crippen molar-refractivity contribution in [3.8, 4) is 0 Å². The Morgan fingerprint density at radius 3 is 2.29 bits per heavy atom. The molecule has 124 valence electrons. The molecule has 0 aromatic carbocycles. The van der Waals surface area contributed by atoms with Crippen molar-refractivity contribution in [2.45, 2.75) is 52.5 Å². The Kier molecular flexibility index (Phi) is 6.05. The quantitative estimate of drug-likeness (QED) is 0.782. The van der Waals surface area contributed by atoms with E-state index >= 15 is 0 Å². The smallest absolute Gasteiger partial charge is 0.279 e. The maximum Gasteiger partial charge on any atom is 0.279 e. The summed E-state index contributed by atoms with van der Waals surface area (Å²) in [5, 5.41) is 3.36. The SMILES string of the molecule is CCNCC1CCN(S(=O)(=O)NC2CCC(C)C2C)CC1. The van der Waals surface area contributed by atoms with Crippen LogP contribution in [0.1, 0.15) is 46.5 Å². The molecule has 1 aliphatic heterocycles. The van der Waals surface area contributed by atoms with E-state index in [-0.39, 0.29) is 6.04 Å². The van der Waals surface area contributed by atoms with E-state index < -0.39 is 10.2 Å². The zero-order valence-electron chi connectivity index (χ0n) is 13.6. The molecule has 0 amide bonds. The van der Waals surface area contributed by atoms with Gasteiger partial charge in [0, 0.05) is 19.1 Å². The van der Waals surface area contributed by atoms with Gasteiger partial charge in [-0.1, -0.05) is 20.8 Å². The lowest BCUT2D eigenvalue weighted by molar-refractivity contribution is 0.263. The van der Waals surface area contributed by atoms with Gasteiger partial charge in [0.25, 0.3) is 10.2 Å². The molecule has 1 saturated heterocycles. The third-order valence-electron chi connectivity index (χ3n) is 5.36. The summed E-state index contributed by atoms with van der Waals surface area (Å²) in [6, 6.07) is 0.115. The summed E-state index contributed by atoms with van der Waals surface area (Å²) in [5.74, 6) is 1.66. The van der Waals surface area contributed by atoms with Gasteiger partial charge in [-0.05, 0) is 56.5 Å². The number of hydrogen-bond donors (Lipinski definition) is 2. The van der Waals surface area contributed by atoms with Crippen LogP contribution in [-0.4, -0.2) is 44.9 Å². The second-order valence-electron chi connectivity index (χ2n) is 6.79. The van der Waals surface area contributed by atoms with Crippen LogP contribution in [0.25, 0.3) is 0 Å². The number of nitrogens with zero attached hydrogens (tertiary/aromatic N) is 1. The van der Waals surface area contributed by atoms with Crippen molar-refractivity contribution in [2.24, 2.45) is 17.8 Å². The predicted octanol–water partition coefficient (Wildman–Crippen LogP) is 1.58. The average Bonchev–Trinajstić information content (AvgIpc) is 2.77. The van der Waals surface area contributed by atoms with Gasteiger partial charge in [0.05, 0.1) is 0 Å². The van der Waals surface area contributed by atoms with Gasteiger partial charge >= 0.3 is 0 Å². The van der Waals surface area contributed by atoms with Gasteiger partial charge in [-0.2, -0.15) is 17.4 Å². The zero-order chi connectivity index (χ0) is 15.5. The first-order valence-electron chi connectivity index (χ1n) is 8.42.